The molecule has 0 saturated heterocycles. The van der Waals surface area contributed by atoms with Crippen LogP contribution in [0.2, 0.25) is 0 Å². The third-order valence-corrected chi connectivity index (χ3v) is 2.33. The number of halogens is 1. The number of rotatable bonds is 5. The molecule has 0 aliphatic heterocycles. The smallest absolute Gasteiger partial charge is 0.330 e. The van der Waals surface area contributed by atoms with Crippen molar-refractivity contribution in [1.82, 2.24) is 4.98 Å². The number of pyridine rings is 1. The largest absolute Gasteiger partial charge is 0.463 e. The summed E-state index contributed by atoms with van der Waals surface area (Å²) in [5, 5.41) is 0. The first-order valence-corrected chi connectivity index (χ1v) is 5.82. The Kier molecular flexibility index (Phi) is 5.30. The van der Waals surface area contributed by atoms with Crippen LogP contribution in [0.15, 0.2) is 12.1 Å². The number of anilines is 1. The van der Waals surface area contributed by atoms with Gasteiger partial charge in [-0.25, -0.2) is 14.2 Å². The van der Waals surface area contributed by atoms with E-state index in [4.69, 9.17) is 10.5 Å². The number of ether oxygens (including phenoxy) is 1. The number of hydrogen-bond donors (Lipinski definition) is 1. The quantitative estimate of drug-likeness (QED) is 0.496. The molecule has 2 N–H and O–H groups in total. The van der Waals surface area contributed by atoms with E-state index >= 15 is 0 Å². The van der Waals surface area contributed by atoms with Gasteiger partial charge in [0.2, 0.25) is 0 Å². The molecule has 18 heavy (non-hydrogen) atoms. The lowest BCUT2D eigenvalue weighted by Crippen LogP contribution is -2.03. The summed E-state index contributed by atoms with van der Waals surface area (Å²) in [7, 11) is 0. The molecule has 1 heterocycles. The molecular formula is C13H17FN2O2. The van der Waals surface area contributed by atoms with Crippen LogP contribution in [0.5, 0.6) is 0 Å². The van der Waals surface area contributed by atoms with Crippen LogP contribution in [-0.4, -0.2) is 17.6 Å². The standard InChI is InChI=1S/C13H17FN2O2/c1-3-4-7-18-13(17)6-5-12-11(15)8-10(14)9(2)16-12/h5-6,8H,3-4,7,15H2,1-2H3. The molecule has 0 atom stereocenters. The number of aryl methyl sites for hydroxylation is 1. The molecule has 1 rings (SSSR count). The molecule has 1 aromatic rings. The number of nitrogens with zero attached hydrogens (tertiary/aromatic N) is 1. The van der Waals surface area contributed by atoms with Crippen LogP contribution in [0, 0.1) is 12.7 Å². The molecule has 4 nitrogen and oxygen atoms in total. The first kappa shape index (κ1) is 14.2. The highest BCUT2D eigenvalue weighted by Crippen LogP contribution is 2.14. The van der Waals surface area contributed by atoms with E-state index in [9.17, 15) is 9.18 Å². The summed E-state index contributed by atoms with van der Waals surface area (Å²) in [6, 6.07) is 1.18. The molecule has 0 aromatic carbocycles. The van der Waals surface area contributed by atoms with Crippen molar-refractivity contribution >= 4 is 17.7 Å². The number of hydrogen-bond acceptors (Lipinski definition) is 4. The zero-order valence-corrected chi connectivity index (χ0v) is 10.6. The molecule has 0 unspecified atom stereocenters. The maximum atomic E-state index is 13.1. The van der Waals surface area contributed by atoms with Crippen LogP contribution in [0.4, 0.5) is 10.1 Å². The number of nitrogen functional groups attached to an aromatic ring is 1. The molecule has 0 spiro atoms. The fourth-order valence-corrected chi connectivity index (χ4v) is 1.26. The summed E-state index contributed by atoms with van der Waals surface area (Å²) >= 11 is 0. The fraction of sp³-hybridized carbons (Fsp3) is 0.385. The van der Waals surface area contributed by atoms with Gasteiger partial charge in [0.05, 0.1) is 23.7 Å². The number of aromatic nitrogens is 1. The number of carbonyl (C=O) groups is 1. The van der Waals surface area contributed by atoms with Gasteiger partial charge in [0.25, 0.3) is 0 Å². The molecule has 0 amide bonds. The van der Waals surface area contributed by atoms with E-state index in [1.165, 1.54) is 25.1 Å². The second-order valence-electron chi connectivity index (χ2n) is 3.88. The van der Waals surface area contributed by atoms with Crippen molar-refractivity contribution in [3.05, 3.63) is 29.3 Å². The molecular weight excluding hydrogens is 235 g/mol. The number of unbranched alkanes of at least 4 members (excludes halogenated alkanes) is 1. The van der Waals surface area contributed by atoms with Gasteiger partial charge in [0, 0.05) is 12.1 Å². The fourth-order valence-electron chi connectivity index (χ4n) is 1.26. The zero-order valence-electron chi connectivity index (χ0n) is 10.6. The average Bonchev–Trinajstić information content (AvgIpc) is 2.32. The maximum Gasteiger partial charge on any atom is 0.330 e. The third kappa shape index (κ3) is 4.16. The molecule has 0 aliphatic carbocycles. The van der Waals surface area contributed by atoms with E-state index in [1.54, 1.807) is 0 Å². The first-order valence-electron chi connectivity index (χ1n) is 5.82. The minimum atomic E-state index is -0.463. The van der Waals surface area contributed by atoms with Gasteiger partial charge in [0.1, 0.15) is 5.82 Å². The Balaban J connectivity index is 2.66. The molecule has 0 fully saturated rings. The Labute approximate surface area is 106 Å². The Bertz CT molecular complexity index is 459. The SMILES string of the molecule is CCCCOC(=O)C=Cc1nc(C)c(F)cc1N. The topological polar surface area (TPSA) is 65.2 Å². The second kappa shape index (κ2) is 6.74. The monoisotopic (exact) mass is 252 g/mol. The summed E-state index contributed by atoms with van der Waals surface area (Å²) in [5.74, 6) is -0.915. The van der Waals surface area contributed by atoms with Crippen molar-refractivity contribution in [1.29, 1.82) is 0 Å². The minimum Gasteiger partial charge on any atom is -0.463 e. The summed E-state index contributed by atoms with van der Waals surface area (Å²) in [5.41, 5.74) is 6.38. The molecule has 1 aromatic heterocycles. The summed E-state index contributed by atoms with van der Waals surface area (Å²) < 4.78 is 18.0. The Morgan fingerprint density at radius 2 is 2.33 bits per heavy atom. The highest BCUT2D eigenvalue weighted by molar-refractivity contribution is 5.87. The minimum absolute atomic E-state index is 0.190. The van der Waals surface area contributed by atoms with Crippen LogP contribution in [0.1, 0.15) is 31.2 Å². The third-order valence-electron chi connectivity index (χ3n) is 2.33. The summed E-state index contributed by atoms with van der Waals surface area (Å²) in [4.78, 5) is 15.2. The predicted octanol–water partition coefficient (Wildman–Crippen LogP) is 2.47. The van der Waals surface area contributed by atoms with E-state index in [1.807, 2.05) is 6.92 Å². The Morgan fingerprint density at radius 3 is 3.00 bits per heavy atom. The van der Waals surface area contributed by atoms with Gasteiger partial charge in [-0.05, 0) is 19.4 Å². The Hall–Kier alpha value is -1.91. The number of nitrogens with two attached hydrogens (primary N) is 1. The van der Waals surface area contributed by atoms with Crippen LogP contribution < -0.4 is 5.73 Å². The van der Waals surface area contributed by atoms with Crippen LogP contribution in [0.3, 0.4) is 0 Å². The van der Waals surface area contributed by atoms with Crippen molar-refractivity contribution in [3.63, 3.8) is 0 Å². The highest BCUT2D eigenvalue weighted by atomic mass is 19.1. The average molecular weight is 252 g/mol. The van der Waals surface area contributed by atoms with Crippen molar-refractivity contribution in [2.45, 2.75) is 26.7 Å². The predicted molar refractivity (Wildman–Crippen MR) is 68.2 cm³/mol. The van der Waals surface area contributed by atoms with E-state index in [-0.39, 0.29) is 11.4 Å². The van der Waals surface area contributed by atoms with Crippen molar-refractivity contribution in [2.75, 3.05) is 12.3 Å². The normalized spacial score (nSPS) is 10.8. The van der Waals surface area contributed by atoms with Crippen molar-refractivity contribution in [3.8, 4) is 0 Å². The molecule has 5 heteroatoms. The molecule has 0 saturated carbocycles. The van der Waals surface area contributed by atoms with Crippen LogP contribution in [0.25, 0.3) is 6.08 Å². The molecule has 98 valence electrons. The van der Waals surface area contributed by atoms with Crippen LogP contribution >= 0.6 is 0 Å². The van der Waals surface area contributed by atoms with E-state index in [2.05, 4.69) is 4.98 Å². The first-order chi connectivity index (χ1) is 8.54. The molecule has 0 aliphatic rings. The Morgan fingerprint density at radius 1 is 1.61 bits per heavy atom. The molecule has 0 radical (unpaired) electrons. The van der Waals surface area contributed by atoms with Crippen molar-refractivity contribution < 1.29 is 13.9 Å². The highest BCUT2D eigenvalue weighted by Gasteiger charge is 2.05. The lowest BCUT2D eigenvalue weighted by atomic mass is 10.2. The van der Waals surface area contributed by atoms with Gasteiger partial charge in [-0.2, -0.15) is 0 Å². The van der Waals surface area contributed by atoms with E-state index < -0.39 is 11.8 Å². The lowest BCUT2D eigenvalue weighted by molar-refractivity contribution is -0.137. The van der Waals surface area contributed by atoms with Crippen LogP contribution in [-0.2, 0) is 9.53 Å². The van der Waals surface area contributed by atoms with Gasteiger partial charge in [0.15, 0.2) is 0 Å². The maximum absolute atomic E-state index is 13.1. The van der Waals surface area contributed by atoms with Gasteiger partial charge in [-0.3, -0.25) is 0 Å². The van der Waals surface area contributed by atoms with Gasteiger partial charge < -0.3 is 10.5 Å². The van der Waals surface area contributed by atoms with Gasteiger partial charge in [-0.15, -0.1) is 0 Å². The van der Waals surface area contributed by atoms with E-state index in [0.29, 0.717) is 12.3 Å². The molecule has 0 bridgehead atoms. The van der Waals surface area contributed by atoms with Crippen molar-refractivity contribution in [2.24, 2.45) is 0 Å². The number of carbonyl (C=O) groups excluding carboxylic acids is 1. The van der Waals surface area contributed by atoms with Gasteiger partial charge >= 0.3 is 5.97 Å². The van der Waals surface area contributed by atoms with E-state index in [0.717, 1.165) is 12.8 Å². The second-order valence-corrected chi connectivity index (χ2v) is 3.88. The number of esters is 1. The lowest BCUT2D eigenvalue weighted by Gasteiger charge is -2.03. The van der Waals surface area contributed by atoms with Gasteiger partial charge in [-0.1, -0.05) is 13.3 Å². The zero-order chi connectivity index (χ0) is 13.5. The summed E-state index contributed by atoms with van der Waals surface area (Å²) in [6.45, 7) is 3.94. The summed E-state index contributed by atoms with van der Waals surface area (Å²) in [6.07, 6.45) is 4.46.